The van der Waals surface area contributed by atoms with Gasteiger partial charge < -0.3 is 4.79 Å². The molecule has 0 bridgehead atoms. The predicted molar refractivity (Wildman–Crippen MR) is 54.1 cm³/mol. The molecule has 0 atom stereocenters. The number of hydrogen-bond acceptors (Lipinski definition) is 1. The SMILES string of the molecule is CC[P+](CC)(CC)CCC=O. The lowest BCUT2D eigenvalue weighted by Gasteiger charge is -2.22. The summed E-state index contributed by atoms with van der Waals surface area (Å²) in [5, 5.41) is 0. The lowest BCUT2D eigenvalue weighted by atomic mass is 10.6. The van der Waals surface area contributed by atoms with Gasteiger partial charge in [0.15, 0.2) is 0 Å². The third-order valence-electron chi connectivity index (χ3n) is 2.73. The number of carbonyl (C=O) groups excluding carboxylic acids is 1. The lowest BCUT2D eigenvalue weighted by molar-refractivity contribution is -0.107. The highest BCUT2D eigenvalue weighted by Crippen LogP contribution is 2.57. The van der Waals surface area contributed by atoms with Crippen LogP contribution in [0, 0.1) is 0 Å². The molecule has 0 aromatic rings. The molecule has 0 radical (unpaired) electrons. The van der Waals surface area contributed by atoms with Gasteiger partial charge >= 0.3 is 0 Å². The third-order valence-corrected chi connectivity index (χ3v) is 7.97. The Bertz CT molecular complexity index is 99.9. The molecule has 0 unspecified atom stereocenters. The lowest BCUT2D eigenvalue weighted by Crippen LogP contribution is -2.07. The molecule has 2 heteroatoms. The van der Waals surface area contributed by atoms with E-state index in [0.717, 1.165) is 12.7 Å². The molecule has 0 saturated heterocycles. The van der Waals surface area contributed by atoms with Crippen LogP contribution in [0.1, 0.15) is 27.2 Å². The van der Waals surface area contributed by atoms with Crippen molar-refractivity contribution in [2.24, 2.45) is 0 Å². The van der Waals surface area contributed by atoms with Gasteiger partial charge in [0.05, 0.1) is 24.6 Å². The second-order valence-electron chi connectivity index (χ2n) is 2.97. The zero-order chi connectivity index (χ0) is 8.74. The van der Waals surface area contributed by atoms with Crippen LogP contribution in [0.15, 0.2) is 0 Å². The topological polar surface area (TPSA) is 17.1 Å². The van der Waals surface area contributed by atoms with Crippen molar-refractivity contribution in [1.29, 1.82) is 0 Å². The van der Waals surface area contributed by atoms with Crippen LogP contribution in [0.3, 0.4) is 0 Å². The minimum Gasteiger partial charge on any atom is -0.303 e. The summed E-state index contributed by atoms with van der Waals surface area (Å²) in [6, 6.07) is 0. The fourth-order valence-corrected chi connectivity index (χ4v) is 4.42. The van der Waals surface area contributed by atoms with Gasteiger partial charge in [0.2, 0.25) is 0 Å². The molecule has 66 valence electrons. The largest absolute Gasteiger partial charge is 0.303 e. The van der Waals surface area contributed by atoms with Crippen LogP contribution < -0.4 is 0 Å². The second kappa shape index (κ2) is 5.71. The van der Waals surface area contributed by atoms with E-state index < -0.39 is 7.26 Å². The summed E-state index contributed by atoms with van der Waals surface area (Å²) in [6.07, 6.45) is 6.97. The van der Waals surface area contributed by atoms with Crippen LogP contribution in [0.4, 0.5) is 0 Å². The first-order valence-electron chi connectivity index (χ1n) is 4.53. The van der Waals surface area contributed by atoms with Gasteiger partial charge in [-0.1, -0.05) is 0 Å². The summed E-state index contributed by atoms with van der Waals surface area (Å²) >= 11 is 0. The van der Waals surface area contributed by atoms with Crippen LogP contribution in [0.2, 0.25) is 0 Å². The van der Waals surface area contributed by atoms with E-state index in [1.807, 2.05) is 0 Å². The molecule has 0 amide bonds. The average Bonchev–Trinajstić information content (AvgIpc) is 2.08. The first-order chi connectivity index (χ1) is 5.24. The maximum absolute atomic E-state index is 10.2. The van der Waals surface area contributed by atoms with Crippen LogP contribution in [-0.2, 0) is 4.79 Å². The van der Waals surface area contributed by atoms with Gasteiger partial charge in [-0.05, 0) is 20.8 Å². The van der Waals surface area contributed by atoms with Crippen LogP contribution in [0.25, 0.3) is 0 Å². The van der Waals surface area contributed by atoms with Crippen molar-refractivity contribution >= 4 is 13.5 Å². The maximum Gasteiger partial charge on any atom is 0.123 e. The zero-order valence-corrected chi connectivity index (χ0v) is 8.86. The number of aldehydes is 1. The van der Waals surface area contributed by atoms with E-state index in [4.69, 9.17) is 0 Å². The van der Waals surface area contributed by atoms with Gasteiger partial charge in [-0.3, -0.25) is 0 Å². The van der Waals surface area contributed by atoms with Gasteiger partial charge in [0, 0.05) is 13.7 Å². The predicted octanol–water partition coefficient (Wildman–Crippen LogP) is 2.65. The van der Waals surface area contributed by atoms with Crippen molar-refractivity contribution in [2.75, 3.05) is 24.6 Å². The highest BCUT2D eigenvalue weighted by molar-refractivity contribution is 7.75. The molecule has 1 nitrogen and oxygen atoms in total. The molecule has 0 saturated carbocycles. The van der Waals surface area contributed by atoms with E-state index >= 15 is 0 Å². The normalized spacial score (nSPS) is 11.5. The fraction of sp³-hybridized carbons (Fsp3) is 0.889. The molecule has 0 heterocycles. The molecule has 0 N–H and O–H groups in total. The number of carbonyl (C=O) groups is 1. The number of hydrogen-bond donors (Lipinski definition) is 0. The smallest absolute Gasteiger partial charge is 0.123 e. The molecular weight excluding hydrogens is 155 g/mol. The minimum atomic E-state index is -0.687. The quantitative estimate of drug-likeness (QED) is 0.448. The van der Waals surface area contributed by atoms with Crippen LogP contribution in [-0.4, -0.2) is 30.9 Å². The molecule has 0 aromatic carbocycles. The molecule has 11 heavy (non-hydrogen) atoms. The highest BCUT2D eigenvalue weighted by Gasteiger charge is 2.29. The Morgan fingerprint density at radius 1 is 1.09 bits per heavy atom. The van der Waals surface area contributed by atoms with Crippen molar-refractivity contribution in [3.63, 3.8) is 0 Å². The standard InChI is InChI=1S/C9H20OP/c1-4-11(5-2,6-3)9-7-8-10/h8H,4-7,9H2,1-3H3/q+1. The summed E-state index contributed by atoms with van der Waals surface area (Å²) in [5.41, 5.74) is 0. The Hall–Kier alpha value is 0.100. The molecular formula is C9H20OP+. The van der Waals surface area contributed by atoms with Gasteiger partial charge in [-0.25, -0.2) is 0 Å². The van der Waals surface area contributed by atoms with Gasteiger partial charge in [-0.15, -0.1) is 0 Å². The second-order valence-corrected chi connectivity index (χ2v) is 8.00. The van der Waals surface area contributed by atoms with E-state index in [1.165, 1.54) is 24.6 Å². The summed E-state index contributed by atoms with van der Waals surface area (Å²) in [5.74, 6) is 0. The van der Waals surface area contributed by atoms with Gasteiger partial charge in [-0.2, -0.15) is 0 Å². The summed E-state index contributed by atoms with van der Waals surface area (Å²) in [7, 11) is -0.687. The molecule has 0 aliphatic carbocycles. The summed E-state index contributed by atoms with van der Waals surface area (Å²) < 4.78 is 0. The van der Waals surface area contributed by atoms with Crippen molar-refractivity contribution in [2.45, 2.75) is 27.2 Å². The van der Waals surface area contributed by atoms with Crippen molar-refractivity contribution in [1.82, 2.24) is 0 Å². The third kappa shape index (κ3) is 3.33. The number of rotatable bonds is 6. The molecule has 0 aromatic heterocycles. The fourth-order valence-electron chi connectivity index (χ4n) is 1.47. The highest BCUT2D eigenvalue weighted by atomic mass is 31.2. The molecule has 0 aliphatic heterocycles. The molecule has 0 aliphatic rings. The molecule has 0 fully saturated rings. The van der Waals surface area contributed by atoms with Gasteiger partial charge in [0.1, 0.15) is 6.29 Å². The zero-order valence-electron chi connectivity index (χ0n) is 7.97. The Kier molecular flexibility index (Phi) is 5.76. The van der Waals surface area contributed by atoms with Crippen LogP contribution >= 0.6 is 7.26 Å². The van der Waals surface area contributed by atoms with Crippen molar-refractivity contribution < 1.29 is 4.79 Å². The van der Waals surface area contributed by atoms with Gasteiger partial charge in [0.25, 0.3) is 0 Å². The molecule has 0 spiro atoms. The van der Waals surface area contributed by atoms with E-state index in [2.05, 4.69) is 20.8 Å². The van der Waals surface area contributed by atoms with E-state index in [9.17, 15) is 4.79 Å². The summed E-state index contributed by atoms with van der Waals surface area (Å²) in [6.45, 7) is 6.81. The average molecular weight is 175 g/mol. The van der Waals surface area contributed by atoms with Crippen LogP contribution in [0.5, 0.6) is 0 Å². The van der Waals surface area contributed by atoms with Crippen molar-refractivity contribution in [3.8, 4) is 0 Å². The maximum atomic E-state index is 10.2. The molecule has 0 rings (SSSR count). The first-order valence-corrected chi connectivity index (χ1v) is 7.06. The van der Waals surface area contributed by atoms with E-state index in [0.29, 0.717) is 0 Å². The first kappa shape index (κ1) is 11.1. The Balaban J connectivity index is 3.93. The Morgan fingerprint density at radius 3 is 1.82 bits per heavy atom. The Morgan fingerprint density at radius 2 is 1.55 bits per heavy atom. The van der Waals surface area contributed by atoms with E-state index in [-0.39, 0.29) is 0 Å². The summed E-state index contributed by atoms with van der Waals surface area (Å²) in [4.78, 5) is 10.2. The van der Waals surface area contributed by atoms with Crippen molar-refractivity contribution in [3.05, 3.63) is 0 Å². The Labute approximate surface area is 70.9 Å². The minimum absolute atomic E-state index is 0.687. The van der Waals surface area contributed by atoms with E-state index in [1.54, 1.807) is 0 Å². The monoisotopic (exact) mass is 175 g/mol.